The van der Waals surface area contributed by atoms with Gasteiger partial charge in [0.1, 0.15) is 12.5 Å². The van der Waals surface area contributed by atoms with Gasteiger partial charge in [0.25, 0.3) is 59.1 Å². The van der Waals surface area contributed by atoms with Gasteiger partial charge in [0.05, 0.1) is 116 Å². The summed E-state index contributed by atoms with van der Waals surface area (Å²) in [6.07, 6.45) is 1.78. The van der Waals surface area contributed by atoms with E-state index < -0.39 is 49.3 Å². The SMILES string of the molecule is C.C=CC(C)=O.CC(=O)CC[N+]1=C(C)C(C)(C)c2cc(CN3C(=O)c4ccccc4C3=O)ccc21.CC1=Nc2ccc(CN3C(=O)c4ccccc4C3=O)cc2C1(C)C.CC1=Nc2ccccc2C1(C)C.CC1=[NH+]c2ccc(CN3C(=O)c4ccccc4C3=O)cc2C1(C)C.CC1=[NH+]c2ccc(CN3C(=O)c4ccccc4C3=O)cc2C1(C)C.O=C1c2ccccc2C(=O)N1CO.[O-][Cl+3]([O-])([O-])[O-].[O-][Cl+3]([O-])([O-])[O-].[O-][Cl+3]([O-])([O-])[O-]. The molecule has 10 amide bonds. The highest BCUT2D eigenvalue weighted by Crippen LogP contribution is 2.45. The number of rotatable bonds is 13. The van der Waals surface area contributed by atoms with Crippen LogP contribution in [0.25, 0.3) is 0 Å². The van der Waals surface area contributed by atoms with Crippen LogP contribution in [0.1, 0.15) is 285 Å². The number of aliphatic imine (C=N–C) groups is 2. The topological polar surface area (TPSA) is 574 Å². The normalized spacial score (nSPS) is 16.4. The van der Waals surface area contributed by atoms with Gasteiger partial charge in [0.15, 0.2) is 29.5 Å². The van der Waals surface area contributed by atoms with Crippen LogP contribution in [0.5, 0.6) is 0 Å². The predicted octanol–water partition coefficient (Wildman–Crippen LogP) is 2.05. The number of amides is 10. The van der Waals surface area contributed by atoms with E-state index in [1.165, 1.54) is 72.1 Å². The summed E-state index contributed by atoms with van der Waals surface area (Å²) < 4.78 is 104. The van der Waals surface area contributed by atoms with Gasteiger partial charge < -0.3 is 5.11 Å². The summed E-state index contributed by atoms with van der Waals surface area (Å²) >= 11 is 0. The molecule has 3 N–H and O–H groups in total. The zero-order valence-electron chi connectivity index (χ0n) is 83.0. The number of aliphatic hydroxyl groups is 1. The molecule has 0 unspecified atom stereocenters. The maximum absolute atomic E-state index is 12.7. The van der Waals surface area contributed by atoms with Crippen molar-refractivity contribution < 1.29 is 164 Å². The first-order valence-electron chi connectivity index (χ1n) is 45.5. The molecule has 35 nitrogen and oxygen atoms in total. The Bertz CT molecular complexity index is 6550. The van der Waals surface area contributed by atoms with Crippen LogP contribution in [0.15, 0.2) is 241 Å². The van der Waals surface area contributed by atoms with E-state index in [9.17, 15) is 57.5 Å². The molecule has 10 aliphatic rings. The number of nitrogens with zero attached hydrogens (tertiary/aromatic N) is 8. The molecule has 0 saturated carbocycles. The van der Waals surface area contributed by atoms with Gasteiger partial charge in [-0.15, -0.1) is 30.7 Å². The largest absolute Gasteiger partial charge is 0.376 e. The molecule has 0 spiro atoms. The number of imide groups is 5. The summed E-state index contributed by atoms with van der Waals surface area (Å²) in [5, 5.41) is 8.76. The van der Waals surface area contributed by atoms with Gasteiger partial charge >= 0.3 is 0 Å². The number of aliphatic hydroxyl groups excluding tert-OH is 1. The van der Waals surface area contributed by atoms with Gasteiger partial charge in [0.2, 0.25) is 17.1 Å². The molecule has 0 fully saturated rings. The fourth-order valence-electron chi connectivity index (χ4n) is 17.5. The van der Waals surface area contributed by atoms with Gasteiger partial charge in [-0.25, -0.2) is 65.9 Å². The number of benzene rings is 10. The average molecular weight is 2070 g/mol. The van der Waals surface area contributed by atoms with Crippen molar-refractivity contribution in [3.05, 3.63) is 337 Å². The Balaban J connectivity index is 0.000000176. The minimum absolute atomic E-state index is 0. The molecule has 10 aliphatic heterocycles. The van der Waals surface area contributed by atoms with E-state index in [4.69, 9.17) is 61.0 Å². The van der Waals surface area contributed by atoms with Crippen molar-refractivity contribution in [1.29, 1.82) is 0 Å². The van der Waals surface area contributed by atoms with Crippen molar-refractivity contribution in [2.75, 3.05) is 13.3 Å². The number of allylic oxidation sites excluding steroid dienone is 1. The predicted molar refractivity (Wildman–Crippen MR) is 510 cm³/mol. The quantitative estimate of drug-likeness (QED) is 0.0844. The Labute approximate surface area is 855 Å². The molecule has 20 rings (SSSR count). The van der Waals surface area contributed by atoms with E-state index in [0.717, 1.165) is 72.4 Å². The van der Waals surface area contributed by atoms with Crippen molar-refractivity contribution in [2.45, 2.75) is 185 Å². The average Bonchev–Trinajstić information content (AvgIpc) is 1.58. The number of para-hydroxylation sites is 1. The molecule has 10 heterocycles. The second kappa shape index (κ2) is 45.3. The molecule has 768 valence electrons. The number of hydrogen-bond acceptors (Lipinski definition) is 27. The number of carbonyl (C=O) groups excluding carboxylic acids is 12. The Morgan fingerprint density at radius 3 is 0.871 bits per heavy atom. The third-order valence-corrected chi connectivity index (χ3v) is 26.9. The molecule has 10 aromatic carbocycles. The zero-order chi connectivity index (χ0) is 108. The number of carbonyl (C=O) groups is 12. The van der Waals surface area contributed by atoms with Crippen molar-refractivity contribution in [3.63, 3.8) is 0 Å². The number of fused-ring (bicyclic) bond motifs is 10. The maximum Gasteiger partial charge on any atom is 0.263 e. The first kappa shape index (κ1) is 115. The van der Waals surface area contributed by atoms with Gasteiger partial charge in [-0.2, -0.15) is 4.58 Å². The Morgan fingerprint density at radius 1 is 0.347 bits per heavy atom. The highest BCUT2D eigenvalue weighted by Gasteiger charge is 2.47. The lowest BCUT2D eigenvalue weighted by Crippen LogP contribution is -2.68. The molecule has 0 bridgehead atoms. The van der Waals surface area contributed by atoms with Crippen molar-refractivity contribution >= 4 is 128 Å². The van der Waals surface area contributed by atoms with E-state index in [1.807, 2.05) is 61.5 Å². The minimum atomic E-state index is -4.94. The molecule has 38 heteroatoms. The van der Waals surface area contributed by atoms with Crippen LogP contribution in [-0.2, 0) is 62.8 Å². The Hall–Kier alpha value is -14.3. The van der Waals surface area contributed by atoms with Crippen LogP contribution in [0.3, 0.4) is 0 Å². The summed E-state index contributed by atoms with van der Waals surface area (Å²) in [4.78, 5) is 166. The number of nitrogens with one attached hydrogen (secondary N) is 2. The van der Waals surface area contributed by atoms with E-state index in [0.29, 0.717) is 81.7 Å². The smallest absolute Gasteiger partial charge is 0.263 e. The molecular formula is C109H111Cl3N10O25. The number of hydrogen-bond donors (Lipinski definition) is 3. The van der Waals surface area contributed by atoms with E-state index >= 15 is 0 Å². The van der Waals surface area contributed by atoms with Gasteiger partial charge in [-0.3, -0.25) is 92.0 Å². The van der Waals surface area contributed by atoms with E-state index in [2.05, 4.69) is 171 Å². The fraction of sp³-hybridized carbons (Fsp3) is 0.275. The third kappa shape index (κ3) is 25.9. The van der Waals surface area contributed by atoms with Gasteiger partial charge in [-0.1, -0.05) is 151 Å². The van der Waals surface area contributed by atoms with Crippen molar-refractivity contribution in [3.8, 4) is 0 Å². The lowest BCUT2D eigenvalue weighted by molar-refractivity contribution is -2.00. The molecule has 0 saturated heterocycles. The fourth-order valence-corrected chi connectivity index (χ4v) is 17.5. The summed E-state index contributed by atoms with van der Waals surface area (Å²) in [5.41, 5.74) is 25.5. The molecule has 0 atom stereocenters. The van der Waals surface area contributed by atoms with Crippen LogP contribution in [0.2, 0.25) is 0 Å². The molecule has 0 radical (unpaired) electrons. The third-order valence-electron chi connectivity index (χ3n) is 26.9. The first-order chi connectivity index (χ1) is 68.0. The highest BCUT2D eigenvalue weighted by molar-refractivity contribution is 6.24. The lowest BCUT2D eigenvalue weighted by Gasteiger charge is -2.21. The molecule has 0 aliphatic carbocycles. The standard InChI is InChI=1S/C24H25N2O3.3C20H18N2O2.C11H13N.C9H7NO3.C4H6O.CH4.3ClHO4/c1-15(27)11-12-25-16(2)24(3,4)20-13-17(9-10-21(20)25)14-26-22(28)18-7-5-6-8-19(18)23(26)29;3*1-12-20(2,3)16-10-13(8-9-17(16)21-12)11-22-18(23)14-6-4-5-7-15(14)19(22)24;1-8-11(2,3)9-6-4-5-7-10(9)12-8;11-5-10-8(12)6-3-1-2-4-7(6)9(10)13;1-3-4(2)5;;3*2-1(3,4)5/h5-10,13H,11-12,14H2,1-4H3;3*4-10H,11H2,1-3H3;4-7H,1-3H3;1-4,11H,5H2;3H,1H2,2H3;1H4;3*(H,2,3,4,5)/q+1;;;;;;;;;;/p-1. The molecule has 0 aromatic heterocycles. The van der Waals surface area contributed by atoms with Crippen LogP contribution >= 0.6 is 0 Å². The maximum atomic E-state index is 12.7. The zero-order valence-corrected chi connectivity index (χ0v) is 85.2. The monoisotopic (exact) mass is 2060 g/mol. The number of ketones is 2. The second-order valence-electron chi connectivity index (χ2n) is 37.8. The van der Waals surface area contributed by atoms with Gasteiger partial charge in [-0.05, 0) is 200 Å². The van der Waals surface area contributed by atoms with Crippen molar-refractivity contribution in [2.24, 2.45) is 9.98 Å². The van der Waals surface area contributed by atoms with E-state index in [-0.39, 0.29) is 106 Å². The Kier molecular flexibility index (Phi) is 35.4. The number of halogens is 3. The first-order valence-corrected chi connectivity index (χ1v) is 49.2. The van der Waals surface area contributed by atoms with Crippen molar-refractivity contribution in [1.82, 2.24) is 24.5 Å². The van der Waals surface area contributed by atoms with Crippen LogP contribution in [0.4, 0.5) is 28.4 Å². The lowest BCUT2D eigenvalue weighted by atomic mass is 9.81. The summed E-state index contributed by atoms with van der Waals surface area (Å²) in [5.74, 6) is -2.43. The van der Waals surface area contributed by atoms with Crippen LogP contribution in [0, 0.1) is 30.7 Å². The minimum Gasteiger partial charge on any atom is -0.376 e. The van der Waals surface area contributed by atoms with Gasteiger partial charge in [0, 0.05) is 77.9 Å². The number of Topliss-reactive ketones (excluding diaryl/α,β-unsaturated/α-hetero) is 1. The summed E-state index contributed by atoms with van der Waals surface area (Å²) in [6, 6.07) is 67.1. The summed E-state index contributed by atoms with van der Waals surface area (Å²) in [6.45, 7) is 39.7. The molecular weight excluding hydrogens is 1960 g/mol. The second-order valence-corrected chi connectivity index (χ2v) is 40.1. The molecule has 10 aromatic rings. The van der Waals surface area contributed by atoms with Crippen LogP contribution in [-0.4, -0.2) is 147 Å². The van der Waals surface area contributed by atoms with E-state index in [1.54, 1.807) is 128 Å². The summed E-state index contributed by atoms with van der Waals surface area (Å²) in [7, 11) is -14.8. The Morgan fingerprint density at radius 2 is 0.592 bits per heavy atom. The highest BCUT2D eigenvalue weighted by atomic mass is 35.7. The molecule has 147 heavy (non-hydrogen) atoms. The van der Waals surface area contributed by atoms with Crippen LogP contribution < -0.4 is 65.9 Å².